The van der Waals surface area contributed by atoms with Gasteiger partial charge in [0.05, 0.1) is 5.69 Å². The molecule has 30 heavy (non-hydrogen) atoms. The van der Waals surface area contributed by atoms with Gasteiger partial charge in [-0.3, -0.25) is 4.98 Å². The Morgan fingerprint density at radius 3 is 2.50 bits per heavy atom. The number of hydrogen-bond donors (Lipinski definition) is 1. The molecule has 5 nitrogen and oxygen atoms in total. The minimum absolute atomic E-state index is 0.598. The molecule has 0 saturated carbocycles. The summed E-state index contributed by atoms with van der Waals surface area (Å²) < 4.78 is 0. The third kappa shape index (κ3) is 4.63. The van der Waals surface area contributed by atoms with Gasteiger partial charge in [-0.1, -0.05) is 48.5 Å². The van der Waals surface area contributed by atoms with Gasteiger partial charge in [-0.05, 0) is 43.2 Å². The Morgan fingerprint density at radius 1 is 0.900 bits per heavy atom. The second-order valence-electron chi connectivity index (χ2n) is 7.10. The highest BCUT2D eigenvalue weighted by atomic mass is 15.2. The molecule has 0 aliphatic rings. The van der Waals surface area contributed by atoms with E-state index in [0.29, 0.717) is 12.5 Å². The van der Waals surface area contributed by atoms with Gasteiger partial charge in [0.15, 0.2) is 0 Å². The van der Waals surface area contributed by atoms with Crippen molar-refractivity contribution >= 4 is 17.5 Å². The Kier molecular flexibility index (Phi) is 5.99. The van der Waals surface area contributed by atoms with Crippen LogP contribution < -0.4 is 10.2 Å². The molecule has 0 aliphatic carbocycles. The second-order valence-corrected chi connectivity index (χ2v) is 7.10. The highest BCUT2D eigenvalue weighted by Gasteiger charge is 2.14. The summed E-state index contributed by atoms with van der Waals surface area (Å²) in [5, 5.41) is 3.36. The van der Waals surface area contributed by atoms with Crippen LogP contribution in [0.4, 0.5) is 17.5 Å². The van der Waals surface area contributed by atoms with Gasteiger partial charge in [0, 0.05) is 42.8 Å². The van der Waals surface area contributed by atoms with Crippen LogP contribution in [-0.4, -0.2) is 21.5 Å². The molecule has 0 unspecified atom stereocenters. The molecule has 4 aromatic rings. The number of hydrogen-bond acceptors (Lipinski definition) is 5. The highest BCUT2D eigenvalue weighted by molar-refractivity contribution is 5.69. The zero-order chi connectivity index (χ0) is 20.8. The van der Waals surface area contributed by atoms with E-state index in [4.69, 9.17) is 9.97 Å². The molecule has 0 radical (unpaired) electrons. The average Bonchev–Trinajstić information content (AvgIpc) is 2.79. The van der Waals surface area contributed by atoms with Crippen molar-refractivity contribution in [3.63, 3.8) is 0 Å². The zero-order valence-corrected chi connectivity index (χ0v) is 17.3. The smallest absolute Gasteiger partial charge is 0.225 e. The van der Waals surface area contributed by atoms with E-state index >= 15 is 0 Å². The number of benzene rings is 2. The van der Waals surface area contributed by atoms with Crippen LogP contribution in [0.1, 0.15) is 18.1 Å². The number of aromatic nitrogens is 3. The molecule has 0 atom stereocenters. The van der Waals surface area contributed by atoms with Crippen LogP contribution in [0, 0.1) is 6.92 Å². The third-order valence-corrected chi connectivity index (χ3v) is 4.86. The van der Waals surface area contributed by atoms with Crippen molar-refractivity contribution in [2.45, 2.75) is 20.4 Å². The Labute approximate surface area is 177 Å². The van der Waals surface area contributed by atoms with Crippen molar-refractivity contribution in [3.05, 3.63) is 96.3 Å². The maximum absolute atomic E-state index is 4.83. The molecular formula is C25H25N5. The lowest BCUT2D eigenvalue weighted by Gasteiger charge is -2.23. The van der Waals surface area contributed by atoms with Crippen molar-refractivity contribution in [3.8, 4) is 11.3 Å². The fraction of sp³-hybridized carbons (Fsp3) is 0.160. The fourth-order valence-corrected chi connectivity index (χ4v) is 3.37. The van der Waals surface area contributed by atoms with Gasteiger partial charge in [-0.25, -0.2) is 4.98 Å². The molecule has 0 bridgehead atoms. The van der Waals surface area contributed by atoms with Gasteiger partial charge < -0.3 is 10.2 Å². The van der Waals surface area contributed by atoms with E-state index in [1.165, 1.54) is 5.56 Å². The fourth-order valence-electron chi connectivity index (χ4n) is 3.37. The van der Waals surface area contributed by atoms with Crippen LogP contribution >= 0.6 is 0 Å². The van der Waals surface area contributed by atoms with E-state index in [2.05, 4.69) is 71.5 Å². The molecule has 2 heterocycles. The van der Waals surface area contributed by atoms with Crippen molar-refractivity contribution in [2.24, 2.45) is 0 Å². The van der Waals surface area contributed by atoms with Gasteiger partial charge >= 0.3 is 0 Å². The van der Waals surface area contributed by atoms with Crippen molar-refractivity contribution in [2.75, 3.05) is 16.8 Å². The molecule has 0 amide bonds. The van der Waals surface area contributed by atoms with Gasteiger partial charge in [0.2, 0.25) is 5.95 Å². The summed E-state index contributed by atoms with van der Waals surface area (Å²) in [5.41, 5.74) is 5.37. The van der Waals surface area contributed by atoms with Gasteiger partial charge in [0.25, 0.3) is 0 Å². The quantitative estimate of drug-likeness (QED) is 0.440. The van der Waals surface area contributed by atoms with E-state index in [1.54, 1.807) is 6.20 Å². The topological polar surface area (TPSA) is 53.9 Å². The second kappa shape index (κ2) is 9.18. The predicted molar refractivity (Wildman–Crippen MR) is 123 cm³/mol. The first kappa shape index (κ1) is 19.6. The van der Waals surface area contributed by atoms with Gasteiger partial charge in [-0.2, -0.15) is 4.98 Å². The summed E-state index contributed by atoms with van der Waals surface area (Å²) in [5.74, 6) is 1.46. The Morgan fingerprint density at radius 2 is 1.77 bits per heavy atom. The first-order chi connectivity index (χ1) is 14.7. The number of pyridine rings is 1. The SMILES string of the molecule is CCN(c1cccc(C)c1)c1cc(-c2ccccc2)nc(NCc2cccnc2)n1. The lowest BCUT2D eigenvalue weighted by atomic mass is 10.1. The molecule has 1 N–H and O–H groups in total. The molecule has 4 rings (SSSR count). The zero-order valence-electron chi connectivity index (χ0n) is 17.3. The maximum atomic E-state index is 4.83. The molecule has 5 heteroatoms. The van der Waals surface area contributed by atoms with Crippen LogP contribution in [0.3, 0.4) is 0 Å². The number of nitrogens with one attached hydrogen (secondary N) is 1. The van der Waals surface area contributed by atoms with Crippen LogP contribution in [0.25, 0.3) is 11.3 Å². The first-order valence-corrected chi connectivity index (χ1v) is 10.1. The van der Waals surface area contributed by atoms with E-state index in [1.807, 2.05) is 36.5 Å². The number of rotatable bonds is 7. The molecule has 0 fully saturated rings. The molecule has 0 aliphatic heterocycles. The predicted octanol–water partition coefficient (Wildman–Crippen LogP) is 5.62. The van der Waals surface area contributed by atoms with E-state index in [9.17, 15) is 0 Å². The lowest BCUT2D eigenvalue weighted by Crippen LogP contribution is -2.19. The van der Waals surface area contributed by atoms with Crippen molar-refractivity contribution < 1.29 is 0 Å². The minimum Gasteiger partial charge on any atom is -0.350 e. The minimum atomic E-state index is 0.598. The van der Waals surface area contributed by atoms with E-state index in [0.717, 1.165) is 34.9 Å². The lowest BCUT2D eigenvalue weighted by molar-refractivity contribution is 0.965. The standard InChI is InChI=1S/C25H25N5/c1-3-30(22-13-7-9-19(2)15-22)24-16-23(21-11-5-4-6-12-21)28-25(29-24)27-18-20-10-8-14-26-17-20/h4-17H,3,18H2,1-2H3,(H,27,28,29). The number of aryl methyl sites for hydroxylation is 1. The van der Waals surface area contributed by atoms with E-state index in [-0.39, 0.29) is 0 Å². The number of nitrogens with zero attached hydrogens (tertiary/aromatic N) is 4. The summed E-state index contributed by atoms with van der Waals surface area (Å²) in [4.78, 5) is 16.0. The highest BCUT2D eigenvalue weighted by Crippen LogP contribution is 2.29. The average molecular weight is 396 g/mol. The molecule has 150 valence electrons. The maximum Gasteiger partial charge on any atom is 0.225 e. The molecule has 0 spiro atoms. The first-order valence-electron chi connectivity index (χ1n) is 10.1. The summed E-state index contributed by atoms with van der Waals surface area (Å²) in [7, 11) is 0. The number of anilines is 3. The van der Waals surface area contributed by atoms with Gasteiger partial charge in [-0.15, -0.1) is 0 Å². The van der Waals surface area contributed by atoms with E-state index < -0.39 is 0 Å². The molecule has 2 aromatic heterocycles. The van der Waals surface area contributed by atoms with Crippen LogP contribution in [0.15, 0.2) is 85.2 Å². The summed E-state index contributed by atoms with van der Waals surface area (Å²) in [6, 6.07) is 24.7. The molecular weight excluding hydrogens is 370 g/mol. The van der Waals surface area contributed by atoms with Crippen LogP contribution in [-0.2, 0) is 6.54 Å². The van der Waals surface area contributed by atoms with Crippen molar-refractivity contribution in [1.29, 1.82) is 0 Å². The molecule has 2 aromatic carbocycles. The Balaban J connectivity index is 1.73. The summed E-state index contributed by atoms with van der Waals surface area (Å²) in [6.07, 6.45) is 3.62. The normalized spacial score (nSPS) is 10.6. The Bertz CT molecular complexity index is 1100. The summed E-state index contributed by atoms with van der Waals surface area (Å²) in [6.45, 7) is 5.65. The van der Waals surface area contributed by atoms with Crippen LogP contribution in [0.5, 0.6) is 0 Å². The Hall–Kier alpha value is -3.73. The largest absolute Gasteiger partial charge is 0.350 e. The summed E-state index contributed by atoms with van der Waals surface area (Å²) >= 11 is 0. The third-order valence-electron chi connectivity index (χ3n) is 4.86. The van der Waals surface area contributed by atoms with Gasteiger partial charge in [0.1, 0.15) is 5.82 Å². The molecule has 0 saturated heterocycles. The monoisotopic (exact) mass is 395 g/mol. The van der Waals surface area contributed by atoms with Crippen LogP contribution in [0.2, 0.25) is 0 Å². The van der Waals surface area contributed by atoms with Crippen molar-refractivity contribution in [1.82, 2.24) is 15.0 Å².